The number of carboxylic acids is 1. The lowest BCUT2D eigenvalue weighted by molar-refractivity contribution is -0.138. The van der Waals surface area contributed by atoms with Crippen molar-refractivity contribution in [2.24, 2.45) is 11.8 Å². The number of alkyl halides is 3. The van der Waals surface area contributed by atoms with E-state index in [0.717, 1.165) is 12.1 Å². The summed E-state index contributed by atoms with van der Waals surface area (Å²) in [5, 5.41) is 39.0. The number of hydrogen-bond donors (Lipinski definition) is 4. The molecular weight excluding hydrogens is 405 g/mol. The Morgan fingerprint density at radius 3 is 2.63 bits per heavy atom. The highest BCUT2D eigenvalue weighted by atomic mass is 19.4. The third-order valence-electron chi connectivity index (χ3n) is 4.92. The van der Waals surface area contributed by atoms with Gasteiger partial charge in [0.15, 0.2) is 0 Å². The number of hydrogen-bond acceptors (Lipinski definition) is 5. The minimum absolute atomic E-state index is 0.0324. The summed E-state index contributed by atoms with van der Waals surface area (Å²) in [6.45, 7) is -0.285. The number of allylic oxidation sites excluding steroid dienone is 1. The van der Waals surface area contributed by atoms with Crippen LogP contribution in [0.15, 0.2) is 48.6 Å². The molecule has 4 N–H and O–H groups in total. The summed E-state index contributed by atoms with van der Waals surface area (Å²) in [7, 11) is 0. The van der Waals surface area contributed by atoms with E-state index in [1.165, 1.54) is 24.3 Å². The second kappa shape index (κ2) is 10.6. The fourth-order valence-electron chi connectivity index (χ4n) is 3.40. The monoisotopic (exact) mass is 430 g/mol. The van der Waals surface area contributed by atoms with E-state index < -0.39 is 41.9 Å². The molecular formula is C21H25F3O6. The molecule has 0 radical (unpaired) electrons. The van der Waals surface area contributed by atoms with E-state index in [0.29, 0.717) is 6.42 Å². The molecule has 166 valence electrons. The van der Waals surface area contributed by atoms with Crippen LogP contribution < -0.4 is 4.74 Å². The molecule has 5 atom stereocenters. The lowest BCUT2D eigenvalue weighted by atomic mass is 9.89. The Morgan fingerprint density at radius 1 is 1.23 bits per heavy atom. The van der Waals surface area contributed by atoms with Crippen LogP contribution in [0, 0.1) is 11.8 Å². The topological polar surface area (TPSA) is 107 Å². The van der Waals surface area contributed by atoms with Crippen molar-refractivity contribution in [1.82, 2.24) is 0 Å². The predicted molar refractivity (Wildman–Crippen MR) is 102 cm³/mol. The Kier molecular flexibility index (Phi) is 8.45. The van der Waals surface area contributed by atoms with Gasteiger partial charge in [-0.3, -0.25) is 4.79 Å². The molecule has 0 heterocycles. The van der Waals surface area contributed by atoms with Crippen molar-refractivity contribution in [3.05, 3.63) is 54.1 Å². The van der Waals surface area contributed by atoms with Gasteiger partial charge in [-0.1, -0.05) is 30.4 Å². The SMILES string of the molecule is O=C(O)C/C=C\C[C@@H]1[C@@H](/C=C/[C@H](O)COc2cccc(C(F)(F)F)c2)[C@@H](O)C[C@@H]1O. The average Bonchev–Trinajstić information content (AvgIpc) is 2.93. The first-order chi connectivity index (χ1) is 14.1. The fourth-order valence-corrected chi connectivity index (χ4v) is 3.40. The van der Waals surface area contributed by atoms with Crippen molar-refractivity contribution in [2.75, 3.05) is 6.61 Å². The summed E-state index contributed by atoms with van der Waals surface area (Å²) in [4.78, 5) is 10.5. The maximum absolute atomic E-state index is 12.7. The average molecular weight is 430 g/mol. The molecule has 1 aliphatic carbocycles. The van der Waals surface area contributed by atoms with Gasteiger partial charge in [-0.05, 0) is 30.5 Å². The molecule has 1 aromatic carbocycles. The van der Waals surface area contributed by atoms with Crippen LogP contribution >= 0.6 is 0 Å². The first-order valence-corrected chi connectivity index (χ1v) is 9.47. The third-order valence-corrected chi connectivity index (χ3v) is 4.92. The summed E-state index contributed by atoms with van der Waals surface area (Å²) < 4.78 is 43.4. The van der Waals surface area contributed by atoms with Gasteiger partial charge in [0.1, 0.15) is 18.5 Å². The van der Waals surface area contributed by atoms with E-state index in [4.69, 9.17) is 9.84 Å². The van der Waals surface area contributed by atoms with Crippen LogP contribution in [0.5, 0.6) is 5.75 Å². The number of rotatable bonds is 9. The number of aliphatic hydroxyl groups is 3. The summed E-state index contributed by atoms with van der Waals surface area (Å²) in [5.74, 6) is -1.82. The third kappa shape index (κ3) is 7.16. The van der Waals surface area contributed by atoms with Crippen LogP contribution in [-0.4, -0.2) is 51.3 Å². The number of halogens is 3. The minimum atomic E-state index is -4.49. The Bertz CT molecular complexity index is 761. The highest BCUT2D eigenvalue weighted by Crippen LogP contribution is 2.36. The zero-order valence-corrected chi connectivity index (χ0v) is 16.1. The van der Waals surface area contributed by atoms with Crippen molar-refractivity contribution >= 4 is 5.97 Å². The van der Waals surface area contributed by atoms with Gasteiger partial charge >= 0.3 is 12.1 Å². The second-order valence-electron chi connectivity index (χ2n) is 7.21. The summed E-state index contributed by atoms with van der Waals surface area (Å²) in [6.07, 6.45) is -0.832. The van der Waals surface area contributed by atoms with Crippen LogP contribution in [0.2, 0.25) is 0 Å². The first kappa shape index (κ1) is 23.9. The number of aliphatic hydroxyl groups excluding tert-OH is 3. The highest BCUT2D eigenvalue weighted by molar-refractivity contribution is 5.68. The van der Waals surface area contributed by atoms with Crippen molar-refractivity contribution in [2.45, 2.75) is 43.8 Å². The quantitative estimate of drug-likeness (QED) is 0.449. The molecule has 1 saturated carbocycles. The number of carbonyl (C=O) groups is 1. The van der Waals surface area contributed by atoms with Crippen LogP contribution in [0.3, 0.4) is 0 Å². The lowest BCUT2D eigenvalue weighted by Crippen LogP contribution is -2.21. The van der Waals surface area contributed by atoms with Gasteiger partial charge in [-0.25, -0.2) is 0 Å². The number of aliphatic carboxylic acids is 1. The van der Waals surface area contributed by atoms with Gasteiger partial charge in [-0.2, -0.15) is 13.2 Å². The van der Waals surface area contributed by atoms with E-state index in [9.17, 15) is 33.3 Å². The molecule has 0 bridgehead atoms. The number of benzene rings is 1. The zero-order chi connectivity index (χ0) is 22.3. The molecule has 1 aromatic rings. The van der Waals surface area contributed by atoms with Crippen molar-refractivity contribution < 1.29 is 43.1 Å². The normalized spacial score (nSPS) is 25.8. The summed E-state index contributed by atoms with van der Waals surface area (Å²) in [5.41, 5.74) is -0.855. The molecule has 0 saturated heterocycles. The van der Waals surface area contributed by atoms with Crippen LogP contribution in [0.25, 0.3) is 0 Å². The van der Waals surface area contributed by atoms with Gasteiger partial charge in [-0.15, -0.1) is 0 Å². The highest BCUT2D eigenvalue weighted by Gasteiger charge is 2.39. The number of carboxylic acid groups (broad SMARTS) is 1. The molecule has 0 spiro atoms. The Morgan fingerprint density at radius 2 is 1.97 bits per heavy atom. The summed E-state index contributed by atoms with van der Waals surface area (Å²) in [6, 6.07) is 4.31. The smallest absolute Gasteiger partial charge is 0.416 e. The largest absolute Gasteiger partial charge is 0.491 e. The van der Waals surface area contributed by atoms with E-state index in [2.05, 4.69) is 0 Å². The molecule has 0 amide bonds. The molecule has 1 aliphatic rings. The van der Waals surface area contributed by atoms with Crippen LogP contribution in [0.4, 0.5) is 13.2 Å². The van der Waals surface area contributed by atoms with Gasteiger partial charge in [0.25, 0.3) is 0 Å². The van der Waals surface area contributed by atoms with Crippen molar-refractivity contribution in [3.63, 3.8) is 0 Å². The molecule has 6 nitrogen and oxygen atoms in total. The van der Waals surface area contributed by atoms with E-state index in [1.807, 2.05) is 0 Å². The van der Waals surface area contributed by atoms with E-state index in [-0.39, 0.29) is 31.1 Å². The van der Waals surface area contributed by atoms with E-state index >= 15 is 0 Å². The molecule has 9 heteroatoms. The lowest BCUT2D eigenvalue weighted by Gasteiger charge is -2.19. The standard InChI is InChI=1S/C21H25F3O6/c22-21(23,24)13-4-3-5-15(10-13)30-12-14(25)8-9-17-16(18(26)11-19(17)27)6-1-2-7-20(28)29/h1-5,8-10,14,16-19,25-27H,6-7,11-12H2,(H,28,29)/b2-1-,9-8+/t14-,16+,17+,18-,19-/m0/s1. The molecule has 30 heavy (non-hydrogen) atoms. The van der Waals surface area contributed by atoms with Crippen LogP contribution in [-0.2, 0) is 11.0 Å². The van der Waals surface area contributed by atoms with Gasteiger partial charge in [0.05, 0.1) is 24.2 Å². The minimum Gasteiger partial charge on any atom is -0.491 e. The zero-order valence-electron chi connectivity index (χ0n) is 16.1. The van der Waals surface area contributed by atoms with Crippen molar-refractivity contribution in [3.8, 4) is 5.75 Å². The molecule has 0 aliphatic heterocycles. The van der Waals surface area contributed by atoms with Crippen molar-refractivity contribution in [1.29, 1.82) is 0 Å². The van der Waals surface area contributed by atoms with Gasteiger partial charge < -0.3 is 25.2 Å². The predicted octanol–water partition coefficient (Wildman–Crippen LogP) is 2.78. The maximum Gasteiger partial charge on any atom is 0.416 e. The molecule has 0 aromatic heterocycles. The van der Waals surface area contributed by atoms with E-state index in [1.54, 1.807) is 12.2 Å². The summed E-state index contributed by atoms with van der Waals surface area (Å²) >= 11 is 0. The van der Waals surface area contributed by atoms with Gasteiger partial charge in [0.2, 0.25) is 0 Å². The Hall–Kier alpha value is -2.36. The number of ether oxygens (including phenoxy) is 1. The molecule has 1 fully saturated rings. The molecule has 2 rings (SSSR count). The Balaban J connectivity index is 1.92. The maximum atomic E-state index is 12.7. The molecule has 0 unspecified atom stereocenters. The van der Waals surface area contributed by atoms with Crippen LogP contribution in [0.1, 0.15) is 24.8 Å². The van der Waals surface area contributed by atoms with Gasteiger partial charge in [0, 0.05) is 12.3 Å². The Labute approximate surface area is 171 Å². The first-order valence-electron chi connectivity index (χ1n) is 9.47. The fraction of sp³-hybridized carbons (Fsp3) is 0.476. The second-order valence-corrected chi connectivity index (χ2v) is 7.21.